The maximum atomic E-state index is 6.07. The third-order valence-corrected chi connectivity index (χ3v) is 9.82. The highest BCUT2D eigenvalue weighted by molar-refractivity contribution is 6.10. The highest BCUT2D eigenvalue weighted by Gasteiger charge is 2.18. The molecule has 0 radical (unpaired) electrons. The van der Waals surface area contributed by atoms with Crippen molar-refractivity contribution in [1.29, 1.82) is 0 Å². The number of aromatic nitrogens is 2. The van der Waals surface area contributed by atoms with Gasteiger partial charge in [0.05, 0.1) is 11.0 Å². The Morgan fingerprint density at radius 3 is 1.94 bits per heavy atom. The summed E-state index contributed by atoms with van der Waals surface area (Å²) >= 11 is 0. The second-order valence-corrected chi connectivity index (χ2v) is 12.8. The van der Waals surface area contributed by atoms with Gasteiger partial charge < -0.3 is 13.9 Å². The number of benzene rings is 8. The SMILES string of the molecule is c1ccc(N(c2ccc(-c3nc4ccccc4o3)cc2)c2ccc3c(c2)c2ccccc2n3-c2ccc(-c3cccc4ccccc34)cc2)cc1. The van der Waals surface area contributed by atoms with E-state index in [1.165, 1.54) is 38.2 Å². The molecule has 10 rings (SSSR count). The van der Waals surface area contributed by atoms with Gasteiger partial charge in [-0.2, -0.15) is 0 Å². The minimum Gasteiger partial charge on any atom is -0.436 e. The predicted molar refractivity (Wildman–Crippen MR) is 211 cm³/mol. The predicted octanol–water partition coefficient (Wildman–Crippen LogP) is 12.9. The molecular weight excluding hydrogens is 623 g/mol. The van der Waals surface area contributed by atoms with Crippen molar-refractivity contribution in [3.63, 3.8) is 0 Å². The maximum Gasteiger partial charge on any atom is 0.227 e. The molecule has 2 heterocycles. The maximum absolute atomic E-state index is 6.07. The monoisotopic (exact) mass is 653 g/mol. The Labute approximate surface area is 295 Å². The van der Waals surface area contributed by atoms with Gasteiger partial charge >= 0.3 is 0 Å². The Hall–Kier alpha value is -6.91. The molecule has 0 spiro atoms. The van der Waals surface area contributed by atoms with Gasteiger partial charge in [-0.1, -0.05) is 103 Å². The van der Waals surface area contributed by atoms with E-state index in [1.807, 2.05) is 24.3 Å². The molecule has 4 heteroatoms. The summed E-state index contributed by atoms with van der Waals surface area (Å²) in [5, 5.41) is 4.93. The normalized spacial score (nSPS) is 11.5. The van der Waals surface area contributed by atoms with Crippen LogP contribution < -0.4 is 4.90 Å². The Bertz CT molecular complexity index is 2810. The first-order chi connectivity index (χ1) is 25.3. The number of hydrogen-bond donors (Lipinski definition) is 0. The number of anilines is 3. The van der Waals surface area contributed by atoms with Gasteiger partial charge in [0, 0.05) is 39.1 Å². The number of para-hydroxylation sites is 4. The zero-order chi connectivity index (χ0) is 33.7. The van der Waals surface area contributed by atoms with E-state index < -0.39 is 0 Å². The van der Waals surface area contributed by atoms with Gasteiger partial charge in [-0.25, -0.2) is 4.98 Å². The number of fused-ring (bicyclic) bond motifs is 5. The summed E-state index contributed by atoms with van der Waals surface area (Å²) in [6.07, 6.45) is 0. The highest BCUT2D eigenvalue weighted by Crippen LogP contribution is 2.40. The number of hydrogen-bond acceptors (Lipinski definition) is 3. The van der Waals surface area contributed by atoms with E-state index in [1.54, 1.807) is 0 Å². The Balaban J connectivity index is 1.07. The van der Waals surface area contributed by atoms with Gasteiger partial charge in [0.15, 0.2) is 5.58 Å². The third-order valence-electron chi connectivity index (χ3n) is 9.82. The average Bonchev–Trinajstić information content (AvgIpc) is 3.78. The quantitative estimate of drug-likeness (QED) is 0.179. The fraction of sp³-hybridized carbons (Fsp3) is 0. The van der Waals surface area contributed by atoms with Crippen LogP contribution in [0.3, 0.4) is 0 Å². The summed E-state index contributed by atoms with van der Waals surface area (Å²) in [7, 11) is 0. The van der Waals surface area contributed by atoms with Gasteiger partial charge in [0.1, 0.15) is 5.52 Å². The minimum absolute atomic E-state index is 0.619. The van der Waals surface area contributed by atoms with Crippen molar-refractivity contribution in [3.05, 3.63) is 188 Å². The van der Waals surface area contributed by atoms with Gasteiger partial charge in [-0.15, -0.1) is 0 Å². The lowest BCUT2D eigenvalue weighted by Crippen LogP contribution is -2.09. The fourth-order valence-corrected chi connectivity index (χ4v) is 7.42. The second kappa shape index (κ2) is 11.9. The molecule has 240 valence electrons. The molecule has 0 amide bonds. The van der Waals surface area contributed by atoms with Crippen molar-refractivity contribution < 1.29 is 4.42 Å². The standard InChI is InChI=1S/C47H31N3O/c1-2-13-35(14-3-1)49(36-27-23-34(24-28-36)47-48-43-18-7-9-20-46(43)51-47)38-29-30-45-42(31-38)41-16-6-8-19-44(41)50(45)37-25-21-33(22-26-37)40-17-10-12-32-11-4-5-15-39(32)40/h1-31H. The van der Waals surface area contributed by atoms with Crippen LogP contribution in [0, 0.1) is 0 Å². The summed E-state index contributed by atoms with van der Waals surface area (Å²) in [6.45, 7) is 0. The summed E-state index contributed by atoms with van der Waals surface area (Å²) in [5.74, 6) is 0.619. The third kappa shape index (κ3) is 4.96. The summed E-state index contributed by atoms with van der Waals surface area (Å²) in [4.78, 5) is 7.02. The van der Waals surface area contributed by atoms with Crippen LogP contribution in [0.2, 0.25) is 0 Å². The Morgan fingerprint density at radius 1 is 0.451 bits per heavy atom. The number of nitrogens with zero attached hydrogens (tertiary/aromatic N) is 3. The number of rotatable bonds is 6. The van der Waals surface area contributed by atoms with Gasteiger partial charge in [-0.05, 0) is 107 Å². The van der Waals surface area contributed by atoms with Gasteiger partial charge in [0.2, 0.25) is 5.89 Å². The van der Waals surface area contributed by atoms with E-state index in [0.717, 1.165) is 44.9 Å². The van der Waals surface area contributed by atoms with Gasteiger partial charge in [-0.3, -0.25) is 0 Å². The molecular formula is C47H31N3O. The van der Waals surface area contributed by atoms with Gasteiger partial charge in [0.25, 0.3) is 0 Å². The molecule has 2 aromatic heterocycles. The van der Waals surface area contributed by atoms with Crippen LogP contribution >= 0.6 is 0 Å². The molecule has 0 saturated heterocycles. The molecule has 0 fully saturated rings. The van der Waals surface area contributed by atoms with Crippen LogP contribution in [0.15, 0.2) is 192 Å². The van der Waals surface area contributed by atoms with E-state index in [0.29, 0.717) is 5.89 Å². The van der Waals surface area contributed by atoms with Crippen LogP contribution in [0.4, 0.5) is 17.1 Å². The zero-order valence-corrected chi connectivity index (χ0v) is 27.6. The molecule has 0 atom stereocenters. The molecule has 0 bridgehead atoms. The molecule has 10 aromatic rings. The first-order valence-corrected chi connectivity index (χ1v) is 17.2. The van der Waals surface area contributed by atoms with E-state index >= 15 is 0 Å². The average molecular weight is 654 g/mol. The molecule has 4 nitrogen and oxygen atoms in total. The molecule has 0 aliphatic rings. The Morgan fingerprint density at radius 2 is 1.10 bits per heavy atom. The van der Waals surface area contributed by atoms with Crippen LogP contribution in [0.1, 0.15) is 0 Å². The lowest BCUT2D eigenvalue weighted by atomic mass is 9.98. The second-order valence-electron chi connectivity index (χ2n) is 12.8. The van der Waals surface area contributed by atoms with Crippen LogP contribution in [0.5, 0.6) is 0 Å². The van der Waals surface area contributed by atoms with E-state index in [-0.39, 0.29) is 0 Å². The topological polar surface area (TPSA) is 34.2 Å². The zero-order valence-electron chi connectivity index (χ0n) is 27.6. The lowest BCUT2D eigenvalue weighted by Gasteiger charge is -2.25. The smallest absolute Gasteiger partial charge is 0.227 e. The summed E-state index contributed by atoms with van der Waals surface area (Å²) in [6, 6.07) is 66.4. The first-order valence-electron chi connectivity index (χ1n) is 17.2. The summed E-state index contributed by atoms with van der Waals surface area (Å²) in [5.41, 5.74) is 11.7. The number of oxazole rings is 1. The van der Waals surface area contributed by atoms with Crippen molar-refractivity contribution >= 4 is 60.7 Å². The largest absolute Gasteiger partial charge is 0.436 e. The van der Waals surface area contributed by atoms with E-state index in [2.05, 4.69) is 173 Å². The molecule has 0 aliphatic carbocycles. The highest BCUT2D eigenvalue weighted by atomic mass is 16.3. The minimum atomic E-state index is 0.619. The molecule has 0 N–H and O–H groups in total. The molecule has 8 aromatic carbocycles. The fourth-order valence-electron chi connectivity index (χ4n) is 7.42. The Kier molecular flexibility index (Phi) is 6.78. The molecule has 0 saturated carbocycles. The summed E-state index contributed by atoms with van der Waals surface area (Å²) < 4.78 is 8.45. The van der Waals surface area contributed by atoms with Crippen molar-refractivity contribution in [2.75, 3.05) is 4.90 Å². The van der Waals surface area contributed by atoms with Crippen LogP contribution in [-0.2, 0) is 0 Å². The van der Waals surface area contributed by atoms with Crippen molar-refractivity contribution in [2.45, 2.75) is 0 Å². The molecule has 0 unspecified atom stereocenters. The van der Waals surface area contributed by atoms with Crippen LogP contribution in [-0.4, -0.2) is 9.55 Å². The van der Waals surface area contributed by atoms with Crippen LogP contribution in [0.25, 0.3) is 71.9 Å². The molecule has 0 aliphatic heterocycles. The van der Waals surface area contributed by atoms with Crippen molar-refractivity contribution in [3.8, 4) is 28.3 Å². The lowest BCUT2D eigenvalue weighted by molar-refractivity contribution is 0.620. The van der Waals surface area contributed by atoms with E-state index in [4.69, 9.17) is 9.40 Å². The van der Waals surface area contributed by atoms with Crippen molar-refractivity contribution in [1.82, 2.24) is 9.55 Å². The van der Waals surface area contributed by atoms with Crippen molar-refractivity contribution in [2.24, 2.45) is 0 Å². The molecule has 51 heavy (non-hydrogen) atoms. The van der Waals surface area contributed by atoms with E-state index in [9.17, 15) is 0 Å². The first kappa shape index (κ1) is 29.0.